The summed E-state index contributed by atoms with van der Waals surface area (Å²) in [5.41, 5.74) is -1.83. The average molecular weight is 273 g/mol. The van der Waals surface area contributed by atoms with E-state index in [0.717, 1.165) is 0 Å². The summed E-state index contributed by atoms with van der Waals surface area (Å²) in [6.45, 7) is 10.1. The second kappa shape index (κ2) is 6.54. The number of amides is 1. The number of hydrogen-bond acceptors (Lipinski definition) is 5. The minimum absolute atomic E-state index is 0.214. The van der Waals surface area contributed by atoms with Crippen LogP contribution in [0.4, 0.5) is 4.79 Å². The molecule has 0 unspecified atom stereocenters. The van der Waals surface area contributed by atoms with E-state index in [1.807, 2.05) is 0 Å². The van der Waals surface area contributed by atoms with Gasteiger partial charge in [-0.15, -0.1) is 0 Å². The lowest BCUT2D eigenvalue weighted by Gasteiger charge is -2.27. The largest absolute Gasteiger partial charge is 0.466 e. The van der Waals surface area contributed by atoms with Crippen LogP contribution in [0.2, 0.25) is 0 Å². The fourth-order valence-corrected chi connectivity index (χ4v) is 1.19. The normalized spacial score (nSPS) is 11.7. The Morgan fingerprint density at radius 3 is 2.00 bits per heavy atom. The molecule has 1 amide bonds. The Morgan fingerprint density at radius 2 is 1.58 bits per heavy atom. The monoisotopic (exact) mass is 273 g/mol. The van der Waals surface area contributed by atoms with Crippen LogP contribution in [0.1, 0.15) is 48.0 Å². The number of carbonyl (C=O) groups excluding carboxylic acids is 3. The number of hydrogen-bond donors (Lipinski definition) is 1. The van der Waals surface area contributed by atoms with E-state index in [0.29, 0.717) is 0 Å². The minimum Gasteiger partial charge on any atom is -0.466 e. The van der Waals surface area contributed by atoms with E-state index in [9.17, 15) is 14.4 Å². The molecule has 6 nitrogen and oxygen atoms in total. The highest BCUT2D eigenvalue weighted by atomic mass is 16.6. The van der Waals surface area contributed by atoms with Gasteiger partial charge in [-0.3, -0.25) is 9.59 Å². The predicted octanol–water partition coefficient (Wildman–Crippen LogP) is 1.81. The Kier molecular flexibility index (Phi) is 5.99. The smallest absolute Gasteiger partial charge is 0.408 e. The molecule has 0 aliphatic rings. The highest BCUT2D eigenvalue weighted by molar-refractivity contribution is 6.01. The zero-order valence-electron chi connectivity index (χ0n) is 12.5. The molecule has 6 heteroatoms. The van der Waals surface area contributed by atoms with Crippen molar-refractivity contribution in [1.29, 1.82) is 0 Å². The number of alkyl carbamates (subject to hydrolysis) is 1. The van der Waals surface area contributed by atoms with Crippen LogP contribution in [-0.4, -0.2) is 35.6 Å². The Hall–Kier alpha value is -1.59. The molecule has 0 spiro atoms. The quantitative estimate of drug-likeness (QED) is 0.610. The molecule has 0 aliphatic heterocycles. The van der Waals surface area contributed by atoms with Gasteiger partial charge in [0.2, 0.25) is 0 Å². The lowest BCUT2D eigenvalue weighted by Crippen LogP contribution is -2.51. The molecule has 0 aliphatic carbocycles. The summed E-state index contributed by atoms with van der Waals surface area (Å²) in [5.74, 6) is -1.04. The maximum absolute atomic E-state index is 11.9. The van der Waals surface area contributed by atoms with E-state index in [-0.39, 0.29) is 13.0 Å². The summed E-state index contributed by atoms with van der Waals surface area (Å²) in [6, 6.07) is 0. The van der Waals surface area contributed by atoms with Crippen molar-refractivity contribution in [2.75, 3.05) is 6.61 Å². The van der Waals surface area contributed by atoms with Crippen molar-refractivity contribution in [3.05, 3.63) is 0 Å². The minimum atomic E-state index is -1.19. The molecule has 0 heterocycles. The van der Waals surface area contributed by atoms with E-state index >= 15 is 0 Å². The third kappa shape index (κ3) is 7.43. The maximum Gasteiger partial charge on any atom is 0.408 e. The van der Waals surface area contributed by atoms with Gasteiger partial charge in [0.1, 0.15) is 12.0 Å². The molecule has 0 radical (unpaired) electrons. The third-order valence-electron chi connectivity index (χ3n) is 2.12. The lowest BCUT2D eigenvalue weighted by molar-refractivity contribution is -0.146. The van der Waals surface area contributed by atoms with Gasteiger partial charge in [0, 0.05) is 0 Å². The van der Waals surface area contributed by atoms with Crippen molar-refractivity contribution in [3.8, 4) is 0 Å². The number of rotatable bonds is 5. The number of Topliss-reactive ketones (excluding diaryl/α,β-unsaturated/α-hetero) is 1. The first-order valence-electron chi connectivity index (χ1n) is 6.18. The fourth-order valence-electron chi connectivity index (χ4n) is 1.19. The van der Waals surface area contributed by atoms with Gasteiger partial charge in [0.25, 0.3) is 0 Å². The fraction of sp³-hybridized carbons (Fsp3) is 0.769. The molecule has 19 heavy (non-hydrogen) atoms. The van der Waals surface area contributed by atoms with Crippen molar-refractivity contribution in [3.63, 3.8) is 0 Å². The van der Waals surface area contributed by atoms with Gasteiger partial charge in [0.15, 0.2) is 5.78 Å². The third-order valence-corrected chi connectivity index (χ3v) is 2.12. The van der Waals surface area contributed by atoms with E-state index < -0.39 is 29.0 Å². The Labute approximate surface area is 113 Å². The molecule has 0 rings (SSSR count). The highest BCUT2D eigenvalue weighted by Gasteiger charge is 2.32. The summed E-state index contributed by atoms with van der Waals surface area (Å²) in [4.78, 5) is 34.7. The summed E-state index contributed by atoms with van der Waals surface area (Å²) in [6.07, 6.45) is -1.08. The van der Waals surface area contributed by atoms with Crippen molar-refractivity contribution in [1.82, 2.24) is 5.32 Å². The summed E-state index contributed by atoms with van der Waals surface area (Å²) < 4.78 is 9.75. The van der Waals surface area contributed by atoms with Crippen LogP contribution >= 0.6 is 0 Å². The first kappa shape index (κ1) is 17.4. The number of ether oxygens (including phenoxy) is 2. The van der Waals surface area contributed by atoms with Crippen molar-refractivity contribution < 1.29 is 23.9 Å². The molecule has 0 aromatic carbocycles. The Morgan fingerprint density at radius 1 is 1.05 bits per heavy atom. The molecule has 0 aromatic heterocycles. The van der Waals surface area contributed by atoms with Crippen molar-refractivity contribution in [2.24, 2.45) is 0 Å². The van der Waals surface area contributed by atoms with Crippen molar-refractivity contribution in [2.45, 2.75) is 59.1 Å². The SMILES string of the molecule is CCOC(=O)CC(=O)C(C)(C)NC(=O)OC(C)(C)C. The molecule has 0 saturated carbocycles. The van der Waals surface area contributed by atoms with Gasteiger partial charge in [0.05, 0.1) is 12.1 Å². The van der Waals surface area contributed by atoms with Gasteiger partial charge in [-0.2, -0.15) is 0 Å². The zero-order chi connectivity index (χ0) is 15.3. The van der Waals surface area contributed by atoms with Crippen LogP contribution in [0.5, 0.6) is 0 Å². The average Bonchev–Trinajstić information content (AvgIpc) is 2.12. The molecule has 0 atom stereocenters. The molecule has 1 N–H and O–H groups in total. The molecule has 0 fully saturated rings. The van der Waals surface area contributed by atoms with Crippen LogP contribution in [-0.2, 0) is 19.1 Å². The van der Waals surface area contributed by atoms with E-state index in [1.165, 1.54) is 13.8 Å². The van der Waals surface area contributed by atoms with Gasteiger partial charge in [-0.25, -0.2) is 4.79 Å². The van der Waals surface area contributed by atoms with Crippen molar-refractivity contribution >= 4 is 17.8 Å². The topological polar surface area (TPSA) is 81.7 Å². The summed E-state index contributed by atoms with van der Waals surface area (Å²) >= 11 is 0. The van der Waals surface area contributed by atoms with Gasteiger partial charge >= 0.3 is 12.1 Å². The van der Waals surface area contributed by atoms with Crippen LogP contribution in [0.3, 0.4) is 0 Å². The van der Waals surface area contributed by atoms with Crippen LogP contribution in [0.15, 0.2) is 0 Å². The maximum atomic E-state index is 11.9. The van der Waals surface area contributed by atoms with E-state index in [2.05, 4.69) is 10.1 Å². The first-order valence-corrected chi connectivity index (χ1v) is 6.18. The van der Waals surface area contributed by atoms with E-state index in [4.69, 9.17) is 4.74 Å². The van der Waals surface area contributed by atoms with Crippen LogP contribution in [0, 0.1) is 0 Å². The molecule has 110 valence electrons. The van der Waals surface area contributed by atoms with Gasteiger partial charge in [-0.1, -0.05) is 0 Å². The standard InChI is InChI=1S/C13H23NO5/c1-7-18-10(16)8-9(15)13(5,6)14-11(17)19-12(2,3)4/h7-8H2,1-6H3,(H,14,17). The summed E-state index contributed by atoms with van der Waals surface area (Å²) in [7, 11) is 0. The second-order valence-electron chi connectivity index (χ2n) is 5.66. The lowest BCUT2D eigenvalue weighted by atomic mass is 9.97. The Bertz CT molecular complexity index is 355. The first-order chi connectivity index (χ1) is 8.48. The number of esters is 1. The van der Waals surface area contributed by atoms with Gasteiger partial charge in [-0.05, 0) is 41.5 Å². The number of carbonyl (C=O) groups is 3. The Balaban J connectivity index is 4.49. The molecule has 0 saturated heterocycles. The zero-order valence-corrected chi connectivity index (χ0v) is 12.5. The summed E-state index contributed by atoms with van der Waals surface area (Å²) in [5, 5.41) is 2.44. The highest BCUT2D eigenvalue weighted by Crippen LogP contribution is 2.11. The second-order valence-corrected chi connectivity index (χ2v) is 5.66. The van der Waals surface area contributed by atoms with Crippen LogP contribution in [0.25, 0.3) is 0 Å². The number of nitrogens with one attached hydrogen (secondary N) is 1. The molecule has 0 bridgehead atoms. The predicted molar refractivity (Wildman–Crippen MR) is 69.7 cm³/mol. The van der Waals surface area contributed by atoms with E-state index in [1.54, 1.807) is 27.7 Å². The van der Waals surface area contributed by atoms with Gasteiger partial charge < -0.3 is 14.8 Å². The van der Waals surface area contributed by atoms with Crippen LogP contribution < -0.4 is 5.32 Å². The molecular formula is C13H23NO5. The molecular weight excluding hydrogens is 250 g/mol. The number of ketones is 1. The molecule has 0 aromatic rings.